The highest BCUT2D eigenvalue weighted by Crippen LogP contribution is 2.24. The van der Waals surface area contributed by atoms with Crippen LogP contribution in [0, 0.1) is 0 Å². The second-order valence-corrected chi connectivity index (χ2v) is 4.14. The molecule has 2 heterocycles. The maximum atomic E-state index is 12.1. The zero-order valence-corrected chi connectivity index (χ0v) is 12.3. The van der Waals surface area contributed by atoms with E-state index in [0.29, 0.717) is 0 Å². The summed E-state index contributed by atoms with van der Waals surface area (Å²) in [7, 11) is 1.39. The first-order chi connectivity index (χ1) is 11.1. The number of ether oxygens (including phenoxy) is 2. The number of rotatable bonds is 6. The van der Waals surface area contributed by atoms with E-state index >= 15 is 0 Å². The summed E-state index contributed by atoms with van der Waals surface area (Å²) in [6, 6.07) is 1.61. The second-order valence-electron chi connectivity index (χ2n) is 4.14. The van der Waals surface area contributed by atoms with Crippen molar-refractivity contribution in [3.8, 4) is 23.3 Å². The predicted molar refractivity (Wildman–Crippen MR) is 82.6 cm³/mol. The lowest BCUT2D eigenvalue weighted by Crippen LogP contribution is -2.15. The minimum absolute atomic E-state index is 0.0141. The first kappa shape index (κ1) is 16.0. The molecule has 2 rings (SSSR count). The quantitative estimate of drug-likeness (QED) is 0.614. The summed E-state index contributed by atoms with van der Waals surface area (Å²) in [6.45, 7) is 7.14. The van der Waals surface area contributed by atoms with Gasteiger partial charge < -0.3 is 19.6 Å². The van der Waals surface area contributed by atoms with E-state index in [4.69, 9.17) is 9.47 Å². The molecule has 0 amide bonds. The Morgan fingerprint density at radius 3 is 2.65 bits per heavy atom. The summed E-state index contributed by atoms with van der Waals surface area (Å²) < 4.78 is 10.3. The standard InChI is InChI=1S/C15H14N4O4/c1-4-6-10(9(2)22-3)23-11-14(20)18-13(19-15(11)21)12-16-7-5-8-17-12/h4-8H,1-2H2,3H3,(H2,18,19,20,21)/b10-6+. The van der Waals surface area contributed by atoms with Crippen LogP contribution in [0.5, 0.6) is 11.6 Å². The second kappa shape index (κ2) is 7.03. The van der Waals surface area contributed by atoms with Crippen molar-refractivity contribution >= 4 is 0 Å². The van der Waals surface area contributed by atoms with E-state index in [2.05, 4.69) is 33.1 Å². The normalized spacial score (nSPS) is 10.9. The molecule has 2 N–H and O–H groups in total. The molecule has 118 valence electrons. The Balaban J connectivity index is 2.42. The van der Waals surface area contributed by atoms with Crippen molar-refractivity contribution < 1.29 is 14.6 Å². The molecule has 0 aliphatic rings. The van der Waals surface area contributed by atoms with E-state index < -0.39 is 17.2 Å². The van der Waals surface area contributed by atoms with Crippen molar-refractivity contribution in [2.24, 2.45) is 0 Å². The number of aromatic hydroxyl groups is 1. The van der Waals surface area contributed by atoms with Crippen molar-refractivity contribution in [3.63, 3.8) is 0 Å². The van der Waals surface area contributed by atoms with Crippen LogP contribution in [0.1, 0.15) is 0 Å². The molecule has 0 radical (unpaired) electrons. The molecule has 8 heteroatoms. The van der Waals surface area contributed by atoms with Gasteiger partial charge >= 0.3 is 0 Å². The molecule has 23 heavy (non-hydrogen) atoms. The minimum atomic E-state index is -0.709. The summed E-state index contributed by atoms with van der Waals surface area (Å²) in [5, 5.41) is 9.97. The van der Waals surface area contributed by atoms with Crippen LogP contribution in [-0.4, -0.2) is 32.2 Å². The average molecular weight is 314 g/mol. The molecular formula is C15H14N4O4. The molecule has 0 fully saturated rings. The fraction of sp³-hybridized carbons (Fsp3) is 0.0667. The first-order valence-corrected chi connectivity index (χ1v) is 6.41. The third kappa shape index (κ3) is 3.62. The third-order valence-corrected chi connectivity index (χ3v) is 2.64. The number of methoxy groups -OCH3 is 1. The third-order valence-electron chi connectivity index (χ3n) is 2.64. The summed E-state index contributed by atoms with van der Waals surface area (Å²) in [5.41, 5.74) is -0.709. The van der Waals surface area contributed by atoms with E-state index in [0.717, 1.165) is 0 Å². The Morgan fingerprint density at radius 1 is 1.39 bits per heavy atom. The lowest BCUT2D eigenvalue weighted by Gasteiger charge is -2.11. The minimum Gasteiger partial charge on any atom is -0.493 e. The van der Waals surface area contributed by atoms with Gasteiger partial charge in [0.2, 0.25) is 0 Å². The van der Waals surface area contributed by atoms with Gasteiger partial charge in [-0.15, -0.1) is 0 Å². The topological polar surface area (TPSA) is 110 Å². The largest absolute Gasteiger partial charge is 0.493 e. The number of allylic oxidation sites excluding steroid dienone is 2. The van der Waals surface area contributed by atoms with Gasteiger partial charge in [0.15, 0.2) is 23.2 Å². The maximum Gasteiger partial charge on any atom is 0.298 e. The van der Waals surface area contributed by atoms with Gasteiger partial charge in [-0.1, -0.05) is 19.2 Å². The van der Waals surface area contributed by atoms with E-state index in [-0.39, 0.29) is 23.2 Å². The lowest BCUT2D eigenvalue weighted by molar-refractivity contribution is 0.259. The fourth-order valence-corrected chi connectivity index (χ4v) is 1.57. The van der Waals surface area contributed by atoms with Crippen LogP contribution in [-0.2, 0) is 4.74 Å². The van der Waals surface area contributed by atoms with Crippen LogP contribution in [0.2, 0.25) is 0 Å². The summed E-state index contributed by atoms with van der Waals surface area (Å²) in [4.78, 5) is 26.3. The monoisotopic (exact) mass is 314 g/mol. The smallest absolute Gasteiger partial charge is 0.298 e. The van der Waals surface area contributed by atoms with Gasteiger partial charge in [0, 0.05) is 12.4 Å². The van der Waals surface area contributed by atoms with Crippen LogP contribution in [0.25, 0.3) is 11.6 Å². The van der Waals surface area contributed by atoms with Crippen molar-refractivity contribution in [2.45, 2.75) is 0 Å². The van der Waals surface area contributed by atoms with Crippen LogP contribution < -0.4 is 10.3 Å². The van der Waals surface area contributed by atoms with Crippen LogP contribution in [0.15, 0.2) is 60.1 Å². The number of hydrogen-bond donors (Lipinski definition) is 2. The molecule has 0 aromatic carbocycles. The van der Waals surface area contributed by atoms with Crippen molar-refractivity contribution in [1.29, 1.82) is 0 Å². The maximum absolute atomic E-state index is 12.1. The number of hydrogen-bond acceptors (Lipinski definition) is 7. The number of nitrogens with zero attached hydrogens (tertiary/aromatic N) is 3. The molecule has 8 nitrogen and oxygen atoms in total. The Morgan fingerprint density at radius 2 is 2.09 bits per heavy atom. The lowest BCUT2D eigenvalue weighted by atomic mass is 10.4. The molecule has 2 aromatic rings. The summed E-state index contributed by atoms with van der Waals surface area (Å²) >= 11 is 0. The molecule has 0 aliphatic carbocycles. The number of aromatic amines is 1. The summed E-state index contributed by atoms with van der Waals surface area (Å²) in [6.07, 6.45) is 5.82. The van der Waals surface area contributed by atoms with Gasteiger partial charge in [-0.05, 0) is 12.1 Å². The molecule has 0 bridgehead atoms. The molecule has 2 aromatic heterocycles. The van der Waals surface area contributed by atoms with Crippen molar-refractivity contribution in [2.75, 3.05) is 7.11 Å². The van der Waals surface area contributed by atoms with E-state index in [1.165, 1.54) is 31.7 Å². The number of aromatic nitrogens is 4. The van der Waals surface area contributed by atoms with Gasteiger partial charge in [-0.3, -0.25) is 4.79 Å². The van der Waals surface area contributed by atoms with Gasteiger partial charge in [0.25, 0.3) is 17.2 Å². The van der Waals surface area contributed by atoms with Gasteiger partial charge in [0.1, 0.15) is 0 Å². The molecule has 0 saturated carbocycles. The molecule has 0 unspecified atom stereocenters. The van der Waals surface area contributed by atoms with Crippen molar-refractivity contribution in [3.05, 3.63) is 65.6 Å². The predicted octanol–water partition coefficient (Wildman–Crippen LogP) is 1.54. The van der Waals surface area contributed by atoms with E-state index in [1.54, 1.807) is 6.07 Å². The Hall–Kier alpha value is -3.42. The van der Waals surface area contributed by atoms with Crippen LogP contribution >= 0.6 is 0 Å². The van der Waals surface area contributed by atoms with Gasteiger partial charge in [-0.25, -0.2) is 9.97 Å². The zero-order chi connectivity index (χ0) is 16.8. The SMILES string of the molecule is C=C/C=C(/Oc1c(O)nc(-c2ncccn2)[nH]c1=O)C(=C)OC. The van der Waals surface area contributed by atoms with E-state index in [1.807, 2.05) is 0 Å². The van der Waals surface area contributed by atoms with Gasteiger partial charge in [-0.2, -0.15) is 4.98 Å². The average Bonchev–Trinajstić information content (AvgIpc) is 2.57. The van der Waals surface area contributed by atoms with Crippen LogP contribution in [0.3, 0.4) is 0 Å². The molecular weight excluding hydrogens is 300 g/mol. The molecule has 0 saturated heterocycles. The number of nitrogens with one attached hydrogen (secondary N) is 1. The zero-order valence-electron chi connectivity index (χ0n) is 12.3. The highest BCUT2D eigenvalue weighted by atomic mass is 16.5. The van der Waals surface area contributed by atoms with Crippen LogP contribution in [0.4, 0.5) is 0 Å². The molecule has 0 spiro atoms. The first-order valence-electron chi connectivity index (χ1n) is 6.41. The summed E-state index contributed by atoms with van der Waals surface area (Å²) in [5.74, 6) is -0.589. The molecule has 0 atom stereocenters. The fourth-order valence-electron chi connectivity index (χ4n) is 1.57. The van der Waals surface area contributed by atoms with E-state index in [9.17, 15) is 9.90 Å². The Bertz CT molecular complexity index is 812. The van der Waals surface area contributed by atoms with Crippen molar-refractivity contribution in [1.82, 2.24) is 19.9 Å². The Kier molecular flexibility index (Phi) is 4.88. The molecule has 0 aliphatic heterocycles. The number of H-pyrrole nitrogens is 1. The Labute approximate surface area is 131 Å². The highest BCUT2D eigenvalue weighted by Gasteiger charge is 2.17. The van der Waals surface area contributed by atoms with Gasteiger partial charge in [0.05, 0.1) is 7.11 Å². The highest BCUT2D eigenvalue weighted by molar-refractivity contribution is 5.46.